The van der Waals surface area contributed by atoms with Gasteiger partial charge in [-0.25, -0.2) is 22.0 Å². The van der Waals surface area contributed by atoms with Crippen molar-refractivity contribution in [1.29, 1.82) is 0 Å². The van der Waals surface area contributed by atoms with Crippen LogP contribution in [-0.4, -0.2) is 11.9 Å². The Morgan fingerprint density at radius 1 is 0.950 bits per heavy atom. The average Bonchev–Trinajstić information content (AvgIpc) is 2.85. The molecule has 0 bridgehead atoms. The lowest BCUT2D eigenvalue weighted by atomic mass is 10.1. The number of hydrogen-bond donors (Lipinski definition) is 2. The van der Waals surface area contributed by atoms with Gasteiger partial charge in [0.15, 0.2) is 23.3 Å². The molecule has 3 nitrogen and oxygen atoms in total. The van der Waals surface area contributed by atoms with Gasteiger partial charge in [0.1, 0.15) is 5.69 Å². The summed E-state index contributed by atoms with van der Waals surface area (Å²) in [5, 5.41) is 1.76. The van der Waals surface area contributed by atoms with Gasteiger partial charge in [-0.3, -0.25) is 4.79 Å². The smallest absolute Gasteiger partial charge is 0.227 e. The fraction of sp³-hybridized carbons (Fsp3) is 0.417. The number of nitrogens with two attached hydrogens (primary N) is 1. The van der Waals surface area contributed by atoms with Crippen molar-refractivity contribution < 1.29 is 26.7 Å². The highest BCUT2D eigenvalue weighted by atomic mass is 19.2. The number of halogens is 5. The molecule has 1 saturated carbocycles. The van der Waals surface area contributed by atoms with Crippen molar-refractivity contribution in [2.24, 2.45) is 11.7 Å². The maximum Gasteiger partial charge on any atom is 0.227 e. The van der Waals surface area contributed by atoms with E-state index < -0.39 is 46.6 Å². The first-order valence-corrected chi connectivity index (χ1v) is 5.90. The molecule has 1 aliphatic rings. The van der Waals surface area contributed by atoms with Crippen LogP contribution < -0.4 is 11.1 Å². The van der Waals surface area contributed by atoms with Crippen LogP contribution in [0.3, 0.4) is 0 Å². The molecule has 0 radical (unpaired) electrons. The van der Waals surface area contributed by atoms with Crippen LogP contribution >= 0.6 is 0 Å². The zero-order chi connectivity index (χ0) is 15.0. The number of anilines is 1. The third-order valence-corrected chi connectivity index (χ3v) is 3.30. The van der Waals surface area contributed by atoms with Crippen molar-refractivity contribution in [2.45, 2.75) is 25.3 Å². The topological polar surface area (TPSA) is 55.1 Å². The second kappa shape index (κ2) is 5.35. The standard InChI is InChI=1S/C12H11F5N2O/c13-6-7(14)9(16)11(10(17)8(6)15)19-12(20)4-1-2-5(18)3-4/h4-5H,1-3,18H2,(H,19,20). The van der Waals surface area contributed by atoms with Crippen molar-refractivity contribution in [3.63, 3.8) is 0 Å². The Balaban J connectivity index is 2.28. The minimum atomic E-state index is -2.26. The Labute approximate surface area is 110 Å². The molecule has 8 heteroatoms. The molecular weight excluding hydrogens is 283 g/mol. The molecule has 0 spiro atoms. The third kappa shape index (κ3) is 2.47. The molecule has 110 valence electrons. The predicted octanol–water partition coefficient (Wildman–Crippen LogP) is 2.45. The molecule has 0 saturated heterocycles. The summed E-state index contributed by atoms with van der Waals surface area (Å²) in [5.74, 6) is -12.0. The average molecular weight is 294 g/mol. The van der Waals surface area contributed by atoms with E-state index in [0.29, 0.717) is 19.3 Å². The van der Waals surface area contributed by atoms with Gasteiger partial charge in [0.25, 0.3) is 0 Å². The highest BCUT2D eigenvalue weighted by Gasteiger charge is 2.31. The van der Waals surface area contributed by atoms with E-state index in [0.717, 1.165) is 0 Å². The maximum atomic E-state index is 13.4. The van der Waals surface area contributed by atoms with E-state index in [1.807, 2.05) is 0 Å². The quantitative estimate of drug-likeness (QED) is 0.500. The van der Waals surface area contributed by atoms with E-state index in [4.69, 9.17) is 5.73 Å². The molecule has 1 aliphatic carbocycles. The van der Waals surface area contributed by atoms with Crippen LogP contribution in [0.2, 0.25) is 0 Å². The summed E-state index contributed by atoms with van der Waals surface area (Å²) in [5.41, 5.74) is 4.26. The molecule has 20 heavy (non-hydrogen) atoms. The summed E-state index contributed by atoms with van der Waals surface area (Å²) >= 11 is 0. The number of rotatable bonds is 2. The van der Waals surface area contributed by atoms with Crippen LogP contribution in [0, 0.1) is 35.0 Å². The first kappa shape index (κ1) is 14.7. The number of hydrogen-bond acceptors (Lipinski definition) is 2. The van der Waals surface area contributed by atoms with Gasteiger partial charge in [0, 0.05) is 12.0 Å². The van der Waals surface area contributed by atoms with Crippen molar-refractivity contribution in [1.82, 2.24) is 0 Å². The maximum absolute atomic E-state index is 13.4. The van der Waals surface area contributed by atoms with Crippen molar-refractivity contribution in [3.05, 3.63) is 29.1 Å². The Morgan fingerprint density at radius 3 is 1.90 bits per heavy atom. The molecule has 1 aromatic carbocycles. The third-order valence-electron chi connectivity index (χ3n) is 3.30. The van der Waals surface area contributed by atoms with Gasteiger partial charge in [-0.1, -0.05) is 0 Å². The molecule has 2 atom stereocenters. The Morgan fingerprint density at radius 2 is 1.45 bits per heavy atom. The molecule has 1 fully saturated rings. The number of carbonyl (C=O) groups is 1. The van der Waals surface area contributed by atoms with E-state index in [1.165, 1.54) is 0 Å². The first-order valence-electron chi connectivity index (χ1n) is 5.90. The summed E-state index contributed by atoms with van der Waals surface area (Å²) in [7, 11) is 0. The fourth-order valence-corrected chi connectivity index (χ4v) is 2.19. The molecular formula is C12H11F5N2O. The van der Waals surface area contributed by atoms with Crippen LogP contribution in [0.4, 0.5) is 27.6 Å². The molecule has 2 unspecified atom stereocenters. The Kier molecular flexibility index (Phi) is 3.94. The van der Waals surface area contributed by atoms with Crippen molar-refractivity contribution in [3.8, 4) is 0 Å². The van der Waals surface area contributed by atoms with Gasteiger partial charge in [-0.05, 0) is 19.3 Å². The first-order chi connectivity index (χ1) is 9.32. The summed E-state index contributed by atoms with van der Waals surface area (Å²) in [6.45, 7) is 0. The molecule has 2 rings (SSSR count). The van der Waals surface area contributed by atoms with Gasteiger partial charge in [-0.2, -0.15) is 0 Å². The molecule has 1 amide bonds. The SMILES string of the molecule is NC1CCC(C(=O)Nc2c(F)c(F)c(F)c(F)c2F)C1. The zero-order valence-corrected chi connectivity index (χ0v) is 10.2. The van der Waals surface area contributed by atoms with Crippen molar-refractivity contribution >= 4 is 11.6 Å². The monoisotopic (exact) mass is 294 g/mol. The normalized spacial score (nSPS) is 22.1. The highest BCUT2D eigenvalue weighted by Crippen LogP contribution is 2.30. The zero-order valence-electron chi connectivity index (χ0n) is 10.2. The molecule has 0 aromatic heterocycles. The highest BCUT2D eigenvalue weighted by molar-refractivity contribution is 5.93. The molecule has 0 aliphatic heterocycles. The van der Waals surface area contributed by atoms with Crippen LogP contribution in [0.15, 0.2) is 0 Å². The Hall–Kier alpha value is -1.70. The second-order valence-electron chi connectivity index (χ2n) is 4.70. The fourth-order valence-electron chi connectivity index (χ4n) is 2.19. The lowest BCUT2D eigenvalue weighted by Crippen LogP contribution is -2.25. The van der Waals surface area contributed by atoms with Crippen LogP contribution in [0.5, 0.6) is 0 Å². The van der Waals surface area contributed by atoms with Crippen LogP contribution in [0.25, 0.3) is 0 Å². The van der Waals surface area contributed by atoms with Gasteiger partial charge in [0.2, 0.25) is 11.7 Å². The minimum Gasteiger partial charge on any atom is -0.328 e. The largest absolute Gasteiger partial charge is 0.328 e. The summed E-state index contributed by atoms with van der Waals surface area (Å²) in [4.78, 5) is 11.7. The summed E-state index contributed by atoms with van der Waals surface area (Å²) < 4.78 is 65.5. The second-order valence-corrected chi connectivity index (χ2v) is 4.70. The number of nitrogens with one attached hydrogen (secondary N) is 1. The van der Waals surface area contributed by atoms with E-state index in [-0.39, 0.29) is 6.04 Å². The minimum absolute atomic E-state index is 0.206. The summed E-state index contributed by atoms with van der Waals surface area (Å²) in [6.07, 6.45) is 1.28. The van der Waals surface area contributed by atoms with Crippen LogP contribution in [-0.2, 0) is 4.79 Å². The van der Waals surface area contributed by atoms with Gasteiger partial charge in [0.05, 0.1) is 0 Å². The van der Waals surface area contributed by atoms with Gasteiger partial charge >= 0.3 is 0 Å². The number of benzene rings is 1. The molecule has 1 aromatic rings. The summed E-state index contributed by atoms with van der Waals surface area (Å²) in [6, 6.07) is -0.206. The van der Waals surface area contributed by atoms with Crippen LogP contribution in [0.1, 0.15) is 19.3 Å². The van der Waals surface area contributed by atoms with E-state index in [9.17, 15) is 26.7 Å². The number of amides is 1. The van der Waals surface area contributed by atoms with E-state index in [1.54, 1.807) is 5.32 Å². The Bertz CT molecular complexity index is 534. The van der Waals surface area contributed by atoms with Gasteiger partial charge in [-0.15, -0.1) is 0 Å². The molecule has 3 N–H and O–H groups in total. The van der Waals surface area contributed by atoms with Crippen molar-refractivity contribution in [2.75, 3.05) is 5.32 Å². The lowest BCUT2D eigenvalue weighted by Gasteiger charge is -2.13. The van der Waals surface area contributed by atoms with Gasteiger partial charge < -0.3 is 11.1 Å². The lowest BCUT2D eigenvalue weighted by molar-refractivity contribution is -0.119. The molecule has 0 heterocycles. The van der Waals surface area contributed by atoms with E-state index in [2.05, 4.69) is 0 Å². The predicted molar refractivity (Wildman–Crippen MR) is 60.2 cm³/mol. The number of carbonyl (C=O) groups excluding carboxylic acids is 1. The van der Waals surface area contributed by atoms with E-state index >= 15 is 0 Å².